The zero-order chi connectivity index (χ0) is 16.4. The first-order chi connectivity index (χ1) is 9.59. The lowest BCUT2D eigenvalue weighted by Crippen LogP contribution is -2.39. The SMILES string of the molecule is CC(CN)N(C)C(=O)c1ccc(C(C)(C)C)c([N+](=O)[O-])c1. The summed E-state index contributed by atoms with van der Waals surface area (Å²) < 4.78 is 0. The van der Waals surface area contributed by atoms with Crippen LogP contribution in [0.25, 0.3) is 0 Å². The summed E-state index contributed by atoms with van der Waals surface area (Å²) in [6, 6.07) is 4.52. The van der Waals surface area contributed by atoms with Gasteiger partial charge in [0.05, 0.1) is 4.92 Å². The Kier molecular flexibility index (Phi) is 5.06. The van der Waals surface area contributed by atoms with Crippen molar-refractivity contribution >= 4 is 11.6 Å². The molecule has 1 aromatic carbocycles. The number of nitrogens with two attached hydrogens (primary N) is 1. The number of benzene rings is 1. The topological polar surface area (TPSA) is 89.5 Å². The highest BCUT2D eigenvalue weighted by atomic mass is 16.6. The monoisotopic (exact) mass is 293 g/mol. The zero-order valence-electron chi connectivity index (χ0n) is 13.2. The van der Waals surface area contributed by atoms with Crippen molar-refractivity contribution in [2.24, 2.45) is 5.73 Å². The van der Waals surface area contributed by atoms with Gasteiger partial charge in [-0.1, -0.05) is 26.8 Å². The lowest BCUT2D eigenvalue weighted by molar-refractivity contribution is -0.386. The van der Waals surface area contributed by atoms with Gasteiger partial charge in [0.25, 0.3) is 11.6 Å². The Bertz CT molecular complexity index is 550. The summed E-state index contributed by atoms with van der Waals surface area (Å²) in [6.45, 7) is 7.87. The van der Waals surface area contributed by atoms with Crippen LogP contribution in [0, 0.1) is 10.1 Å². The fraction of sp³-hybridized carbons (Fsp3) is 0.533. The molecule has 1 rings (SSSR count). The van der Waals surface area contributed by atoms with Crippen LogP contribution in [0.15, 0.2) is 18.2 Å². The van der Waals surface area contributed by atoms with Crippen LogP contribution in [0.5, 0.6) is 0 Å². The Labute approximate surface area is 125 Å². The molecule has 0 saturated heterocycles. The van der Waals surface area contributed by atoms with Crippen LogP contribution < -0.4 is 5.73 Å². The molecule has 6 nitrogen and oxygen atoms in total. The Balaban J connectivity index is 3.27. The third-order valence-corrected chi connectivity index (χ3v) is 3.57. The smallest absolute Gasteiger partial charge is 0.273 e. The van der Waals surface area contributed by atoms with Gasteiger partial charge in [-0.05, 0) is 18.4 Å². The number of carbonyl (C=O) groups excluding carboxylic acids is 1. The Morgan fingerprint density at radius 2 is 2.00 bits per heavy atom. The largest absolute Gasteiger partial charge is 0.338 e. The standard InChI is InChI=1S/C15H23N3O3/c1-10(9-16)17(5)14(19)11-6-7-12(15(2,3)4)13(8-11)18(20)21/h6-8,10H,9,16H2,1-5H3. The van der Waals surface area contributed by atoms with Crippen LogP contribution in [0.2, 0.25) is 0 Å². The summed E-state index contributed by atoms with van der Waals surface area (Å²) in [5.74, 6) is -0.267. The molecular formula is C15H23N3O3. The molecule has 6 heteroatoms. The molecule has 0 aliphatic rings. The van der Waals surface area contributed by atoms with E-state index in [1.807, 2.05) is 27.7 Å². The molecule has 0 saturated carbocycles. The van der Waals surface area contributed by atoms with E-state index in [1.165, 1.54) is 11.0 Å². The fourth-order valence-electron chi connectivity index (χ4n) is 2.01. The Morgan fingerprint density at radius 3 is 2.43 bits per heavy atom. The molecule has 21 heavy (non-hydrogen) atoms. The number of likely N-dealkylation sites (N-methyl/N-ethyl adjacent to an activating group) is 1. The summed E-state index contributed by atoms with van der Waals surface area (Å²) in [5, 5.41) is 11.3. The molecule has 0 aliphatic heterocycles. The van der Waals surface area contributed by atoms with Gasteiger partial charge >= 0.3 is 0 Å². The van der Waals surface area contributed by atoms with E-state index in [0.29, 0.717) is 17.7 Å². The van der Waals surface area contributed by atoms with E-state index < -0.39 is 4.92 Å². The van der Waals surface area contributed by atoms with Gasteiger partial charge in [-0.15, -0.1) is 0 Å². The van der Waals surface area contributed by atoms with Gasteiger partial charge in [0, 0.05) is 36.8 Å². The van der Waals surface area contributed by atoms with Gasteiger partial charge in [-0.25, -0.2) is 0 Å². The molecular weight excluding hydrogens is 270 g/mol. The average Bonchev–Trinajstić information content (AvgIpc) is 2.43. The normalized spacial score (nSPS) is 12.9. The van der Waals surface area contributed by atoms with Crippen LogP contribution in [0.1, 0.15) is 43.6 Å². The van der Waals surface area contributed by atoms with E-state index in [1.54, 1.807) is 19.2 Å². The average molecular weight is 293 g/mol. The molecule has 0 bridgehead atoms. The summed E-state index contributed by atoms with van der Waals surface area (Å²) in [5.41, 5.74) is 6.07. The molecule has 2 N–H and O–H groups in total. The molecule has 0 aromatic heterocycles. The van der Waals surface area contributed by atoms with Crippen molar-refractivity contribution in [3.63, 3.8) is 0 Å². The maximum absolute atomic E-state index is 12.3. The molecule has 116 valence electrons. The van der Waals surface area contributed by atoms with Gasteiger partial charge in [0.2, 0.25) is 0 Å². The second kappa shape index (κ2) is 6.22. The van der Waals surface area contributed by atoms with Crippen molar-refractivity contribution in [3.05, 3.63) is 39.4 Å². The van der Waals surface area contributed by atoms with Crippen LogP contribution in [-0.4, -0.2) is 35.4 Å². The van der Waals surface area contributed by atoms with Gasteiger partial charge < -0.3 is 10.6 Å². The van der Waals surface area contributed by atoms with Crippen molar-refractivity contribution in [2.45, 2.75) is 39.2 Å². The lowest BCUT2D eigenvalue weighted by atomic mass is 9.85. The zero-order valence-corrected chi connectivity index (χ0v) is 13.2. The van der Waals surface area contributed by atoms with Crippen LogP contribution in [-0.2, 0) is 5.41 Å². The number of nitro groups is 1. The fourth-order valence-corrected chi connectivity index (χ4v) is 2.01. The Hall–Kier alpha value is -1.95. The van der Waals surface area contributed by atoms with Crippen molar-refractivity contribution in [3.8, 4) is 0 Å². The number of rotatable bonds is 4. The highest BCUT2D eigenvalue weighted by Gasteiger charge is 2.27. The minimum absolute atomic E-state index is 0.0258. The quantitative estimate of drug-likeness (QED) is 0.681. The summed E-state index contributed by atoms with van der Waals surface area (Å²) >= 11 is 0. The second-order valence-electron chi connectivity index (χ2n) is 6.24. The third kappa shape index (κ3) is 3.78. The predicted molar refractivity (Wildman–Crippen MR) is 82.4 cm³/mol. The van der Waals surface area contributed by atoms with Crippen molar-refractivity contribution in [2.75, 3.05) is 13.6 Å². The van der Waals surface area contributed by atoms with Crippen LogP contribution in [0.4, 0.5) is 5.69 Å². The molecule has 1 unspecified atom stereocenters. The molecule has 0 aliphatic carbocycles. The van der Waals surface area contributed by atoms with E-state index in [2.05, 4.69) is 0 Å². The van der Waals surface area contributed by atoms with Crippen molar-refractivity contribution < 1.29 is 9.72 Å². The summed E-state index contributed by atoms with van der Waals surface area (Å²) in [6.07, 6.45) is 0. The van der Waals surface area contributed by atoms with Crippen LogP contribution >= 0.6 is 0 Å². The van der Waals surface area contributed by atoms with Crippen LogP contribution in [0.3, 0.4) is 0 Å². The molecule has 0 fully saturated rings. The first-order valence-corrected chi connectivity index (χ1v) is 6.85. The van der Waals surface area contributed by atoms with Gasteiger partial charge in [-0.3, -0.25) is 14.9 Å². The predicted octanol–water partition coefficient (Wildman–Crippen LogP) is 2.31. The first kappa shape index (κ1) is 17.1. The summed E-state index contributed by atoms with van der Waals surface area (Å²) in [7, 11) is 1.64. The molecule has 0 heterocycles. The van der Waals surface area contributed by atoms with E-state index >= 15 is 0 Å². The van der Waals surface area contributed by atoms with E-state index in [-0.39, 0.29) is 23.1 Å². The van der Waals surface area contributed by atoms with Gasteiger partial charge in [0.1, 0.15) is 0 Å². The second-order valence-corrected chi connectivity index (χ2v) is 6.24. The lowest BCUT2D eigenvalue weighted by Gasteiger charge is -2.24. The highest BCUT2D eigenvalue weighted by molar-refractivity contribution is 5.95. The molecule has 0 spiro atoms. The number of hydrogen-bond donors (Lipinski definition) is 1. The van der Waals surface area contributed by atoms with Gasteiger partial charge in [0.15, 0.2) is 0 Å². The minimum atomic E-state index is -0.441. The highest BCUT2D eigenvalue weighted by Crippen LogP contribution is 2.32. The number of amides is 1. The molecule has 1 amide bonds. The van der Waals surface area contributed by atoms with E-state index in [4.69, 9.17) is 5.73 Å². The van der Waals surface area contributed by atoms with Gasteiger partial charge in [-0.2, -0.15) is 0 Å². The maximum Gasteiger partial charge on any atom is 0.273 e. The summed E-state index contributed by atoms with van der Waals surface area (Å²) in [4.78, 5) is 24.6. The Morgan fingerprint density at radius 1 is 1.43 bits per heavy atom. The van der Waals surface area contributed by atoms with Crippen molar-refractivity contribution in [1.82, 2.24) is 4.90 Å². The minimum Gasteiger partial charge on any atom is -0.338 e. The molecule has 1 atom stereocenters. The number of carbonyl (C=O) groups is 1. The van der Waals surface area contributed by atoms with E-state index in [0.717, 1.165) is 0 Å². The molecule has 0 radical (unpaired) electrons. The first-order valence-electron chi connectivity index (χ1n) is 6.85. The number of nitro benzene ring substituents is 1. The van der Waals surface area contributed by atoms with E-state index in [9.17, 15) is 14.9 Å². The maximum atomic E-state index is 12.3. The molecule has 1 aromatic rings. The number of hydrogen-bond acceptors (Lipinski definition) is 4. The third-order valence-electron chi connectivity index (χ3n) is 3.57. The number of nitrogens with zero attached hydrogens (tertiary/aromatic N) is 2. The van der Waals surface area contributed by atoms with Crippen molar-refractivity contribution in [1.29, 1.82) is 0 Å².